The SMILES string of the molecule is CCCN(CC1CC1)C(=O)N1C[C@H](O)C[C@@H]1C(=O)O. The van der Waals surface area contributed by atoms with E-state index in [9.17, 15) is 14.7 Å². The van der Waals surface area contributed by atoms with Gasteiger partial charge in [-0.2, -0.15) is 0 Å². The number of aliphatic hydroxyl groups excluding tert-OH is 1. The lowest BCUT2D eigenvalue weighted by atomic mass is 10.2. The lowest BCUT2D eigenvalue weighted by molar-refractivity contribution is -0.141. The van der Waals surface area contributed by atoms with Crippen LogP contribution in [0.15, 0.2) is 0 Å². The van der Waals surface area contributed by atoms with Crippen molar-refractivity contribution in [1.82, 2.24) is 9.80 Å². The molecule has 1 heterocycles. The average Bonchev–Trinajstić information content (AvgIpc) is 3.08. The number of aliphatic hydroxyl groups is 1. The van der Waals surface area contributed by atoms with E-state index >= 15 is 0 Å². The topological polar surface area (TPSA) is 81.1 Å². The van der Waals surface area contributed by atoms with Crippen molar-refractivity contribution in [2.45, 2.75) is 44.8 Å². The van der Waals surface area contributed by atoms with Gasteiger partial charge in [0.15, 0.2) is 0 Å². The molecule has 1 aliphatic heterocycles. The van der Waals surface area contributed by atoms with Crippen LogP contribution in [0.4, 0.5) is 4.79 Å². The van der Waals surface area contributed by atoms with Gasteiger partial charge in [0, 0.05) is 26.1 Å². The highest BCUT2D eigenvalue weighted by molar-refractivity contribution is 5.83. The van der Waals surface area contributed by atoms with Crippen molar-refractivity contribution in [3.05, 3.63) is 0 Å². The number of hydrogen-bond acceptors (Lipinski definition) is 3. The van der Waals surface area contributed by atoms with Gasteiger partial charge in [0.25, 0.3) is 0 Å². The molecule has 2 amide bonds. The Morgan fingerprint density at radius 3 is 2.58 bits per heavy atom. The zero-order valence-electron chi connectivity index (χ0n) is 11.3. The fourth-order valence-electron chi connectivity index (χ4n) is 2.59. The van der Waals surface area contributed by atoms with Crippen molar-refractivity contribution < 1.29 is 19.8 Å². The quantitative estimate of drug-likeness (QED) is 0.772. The summed E-state index contributed by atoms with van der Waals surface area (Å²) in [4.78, 5) is 26.6. The molecule has 2 rings (SSSR count). The van der Waals surface area contributed by atoms with Gasteiger partial charge in [-0.3, -0.25) is 0 Å². The van der Waals surface area contributed by atoms with Crippen LogP contribution in [0, 0.1) is 5.92 Å². The third kappa shape index (κ3) is 3.37. The normalized spacial score (nSPS) is 26.5. The van der Waals surface area contributed by atoms with Crippen molar-refractivity contribution in [2.24, 2.45) is 5.92 Å². The smallest absolute Gasteiger partial charge is 0.326 e. The molecule has 0 spiro atoms. The monoisotopic (exact) mass is 270 g/mol. The van der Waals surface area contributed by atoms with Crippen molar-refractivity contribution in [2.75, 3.05) is 19.6 Å². The first-order chi connectivity index (χ1) is 9.02. The summed E-state index contributed by atoms with van der Waals surface area (Å²) in [5, 5.41) is 18.7. The van der Waals surface area contributed by atoms with E-state index in [2.05, 4.69) is 0 Å². The molecule has 0 radical (unpaired) electrons. The predicted octanol–water partition coefficient (Wildman–Crippen LogP) is 0.748. The van der Waals surface area contributed by atoms with Gasteiger partial charge in [0.1, 0.15) is 6.04 Å². The van der Waals surface area contributed by atoms with Crippen LogP contribution in [0.1, 0.15) is 32.6 Å². The van der Waals surface area contributed by atoms with E-state index in [-0.39, 0.29) is 19.0 Å². The number of rotatable bonds is 5. The maximum Gasteiger partial charge on any atom is 0.326 e. The summed E-state index contributed by atoms with van der Waals surface area (Å²) in [6.07, 6.45) is 2.56. The lowest BCUT2D eigenvalue weighted by Gasteiger charge is -2.30. The number of β-amino-alcohol motifs (C(OH)–C–C–N with tert-alkyl or cyclic N) is 1. The molecule has 2 aliphatic rings. The first-order valence-electron chi connectivity index (χ1n) is 6.99. The van der Waals surface area contributed by atoms with E-state index in [4.69, 9.17) is 5.11 Å². The van der Waals surface area contributed by atoms with Crippen LogP contribution in [-0.2, 0) is 4.79 Å². The Morgan fingerprint density at radius 1 is 1.37 bits per heavy atom. The van der Waals surface area contributed by atoms with Crippen molar-refractivity contribution in [3.63, 3.8) is 0 Å². The maximum atomic E-state index is 12.4. The molecule has 0 aromatic carbocycles. The second-order valence-corrected chi connectivity index (χ2v) is 5.57. The highest BCUT2D eigenvalue weighted by Crippen LogP contribution is 2.30. The number of carboxylic acids is 1. The van der Waals surface area contributed by atoms with Gasteiger partial charge in [-0.15, -0.1) is 0 Å². The van der Waals surface area contributed by atoms with Crippen LogP contribution >= 0.6 is 0 Å². The van der Waals surface area contributed by atoms with E-state index in [1.165, 1.54) is 4.90 Å². The second-order valence-electron chi connectivity index (χ2n) is 5.57. The molecule has 6 nitrogen and oxygen atoms in total. The minimum Gasteiger partial charge on any atom is -0.480 e. The average molecular weight is 270 g/mol. The minimum atomic E-state index is -1.03. The van der Waals surface area contributed by atoms with E-state index in [0.717, 1.165) is 19.3 Å². The zero-order valence-corrected chi connectivity index (χ0v) is 11.3. The highest BCUT2D eigenvalue weighted by atomic mass is 16.4. The van der Waals surface area contributed by atoms with Gasteiger partial charge < -0.3 is 20.0 Å². The molecule has 2 fully saturated rings. The van der Waals surface area contributed by atoms with Crippen LogP contribution in [0.5, 0.6) is 0 Å². The molecule has 1 aliphatic carbocycles. The standard InChI is InChI=1S/C13H22N2O4/c1-2-5-14(7-9-3-4-9)13(19)15-8-10(16)6-11(15)12(17)18/h9-11,16H,2-8H2,1H3,(H,17,18)/t10-,11-/m1/s1. The van der Waals surface area contributed by atoms with Crippen molar-refractivity contribution in [3.8, 4) is 0 Å². The zero-order chi connectivity index (χ0) is 14.0. The fourth-order valence-corrected chi connectivity index (χ4v) is 2.59. The van der Waals surface area contributed by atoms with Gasteiger partial charge >= 0.3 is 12.0 Å². The molecule has 1 saturated heterocycles. The summed E-state index contributed by atoms with van der Waals surface area (Å²) in [5.74, 6) is -0.459. The first kappa shape index (κ1) is 14.1. The number of nitrogens with zero attached hydrogens (tertiary/aromatic N) is 2. The molecule has 2 N–H and O–H groups in total. The largest absolute Gasteiger partial charge is 0.480 e. The third-order valence-electron chi connectivity index (χ3n) is 3.75. The number of urea groups is 1. The lowest BCUT2D eigenvalue weighted by Crippen LogP contribution is -2.49. The van der Waals surface area contributed by atoms with E-state index in [0.29, 0.717) is 19.0 Å². The number of amides is 2. The summed E-state index contributed by atoms with van der Waals surface area (Å²) in [5.41, 5.74) is 0. The van der Waals surface area contributed by atoms with Crippen LogP contribution < -0.4 is 0 Å². The summed E-state index contributed by atoms with van der Waals surface area (Å²) < 4.78 is 0. The molecule has 0 aromatic heterocycles. The van der Waals surface area contributed by atoms with E-state index in [1.54, 1.807) is 4.90 Å². The Hall–Kier alpha value is -1.30. The van der Waals surface area contributed by atoms with Gasteiger partial charge in [-0.25, -0.2) is 9.59 Å². The maximum absolute atomic E-state index is 12.4. The molecular weight excluding hydrogens is 248 g/mol. The molecular formula is C13H22N2O4. The number of carbonyl (C=O) groups is 2. The van der Waals surface area contributed by atoms with Crippen molar-refractivity contribution in [1.29, 1.82) is 0 Å². The predicted molar refractivity (Wildman–Crippen MR) is 68.7 cm³/mol. The number of hydrogen-bond donors (Lipinski definition) is 2. The number of carbonyl (C=O) groups excluding carboxylic acids is 1. The molecule has 0 aromatic rings. The van der Waals surface area contributed by atoms with Crippen LogP contribution in [-0.4, -0.2) is 63.8 Å². The van der Waals surface area contributed by atoms with Crippen LogP contribution in [0.2, 0.25) is 0 Å². The highest BCUT2D eigenvalue weighted by Gasteiger charge is 2.41. The number of likely N-dealkylation sites (tertiary alicyclic amines) is 1. The van der Waals surface area contributed by atoms with Gasteiger partial charge in [0.2, 0.25) is 0 Å². The van der Waals surface area contributed by atoms with E-state index < -0.39 is 18.1 Å². The number of aliphatic carboxylic acids is 1. The Balaban J connectivity index is 2.03. The molecule has 108 valence electrons. The fraction of sp³-hybridized carbons (Fsp3) is 0.846. The van der Waals surface area contributed by atoms with Crippen molar-refractivity contribution >= 4 is 12.0 Å². The number of carboxylic acid groups (broad SMARTS) is 1. The van der Waals surface area contributed by atoms with Gasteiger partial charge in [-0.1, -0.05) is 6.92 Å². The Kier molecular flexibility index (Phi) is 4.29. The summed E-state index contributed by atoms with van der Waals surface area (Å²) >= 11 is 0. The minimum absolute atomic E-state index is 0.126. The van der Waals surface area contributed by atoms with Crippen LogP contribution in [0.25, 0.3) is 0 Å². The molecule has 0 unspecified atom stereocenters. The van der Waals surface area contributed by atoms with E-state index in [1.807, 2.05) is 6.92 Å². The van der Waals surface area contributed by atoms with Crippen LogP contribution in [0.3, 0.4) is 0 Å². The molecule has 2 atom stereocenters. The summed E-state index contributed by atoms with van der Waals surface area (Å²) in [6.45, 7) is 3.49. The molecule has 1 saturated carbocycles. The Labute approximate surface area is 113 Å². The first-order valence-corrected chi connectivity index (χ1v) is 6.99. The van der Waals surface area contributed by atoms with Gasteiger partial charge in [-0.05, 0) is 25.2 Å². The third-order valence-corrected chi connectivity index (χ3v) is 3.75. The molecule has 19 heavy (non-hydrogen) atoms. The summed E-state index contributed by atoms with van der Waals surface area (Å²) in [7, 11) is 0. The second kappa shape index (κ2) is 5.77. The molecule has 6 heteroatoms. The molecule has 0 bridgehead atoms. The Bertz CT molecular complexity index is 357. The van der Waals surface area contributed by atoms with Gasteiger partial charge in [0.05, 0.1) is 6.10 Å². The summed E-state index contributed by atoms with van der Waals surface area (Å²) in [6, 6.07) is -1.13. The Morgan fingerprint density at radius 2 is 2.05 bits per heavy atom.